The van der Waals surface area contributed by atoms with Gasteiger partial charge in [0, 0.05) is 30.0 Å². The van der Waals surface area contributed by atoms with Crippen LogP contribution in [0.5, 0.6) is 0 Å². The van der Waals surface area contributed by atoms with Crippen molar-refractivity contribution in [3.8, 4) is 0 Å². The molecule has 6 nitrogen and oxygen atoms in total. The minimum atomic E-state index is -3.18. The van der Waals surface area contributed by atoms with E-state index in [1.165, 1.54) is 42.5 Å². The molecule has 1 aliphatic carbocycles. The molecule has 2 fully saturated rings. The number of hydrogen-bond donors (Lipinski definition) is 2. The van der Waals surface area contributed by atoms with Crippen molar-refractivity contribution in [1.82, 2.24) is 0 Å². The minimum Gasteiger partial charge on any atom is -0.382 e. The molecular weight excluding hydrogens is 410 g/mol. The van der Waals surface area contributed by atoms with E-state index in [0.29, 0.717) is 24.7 Å². The zero-order valence-corrected chi connectivity index (χ0v) is 18.4. The van der Waals surface area contributed by atoms with Crippen LogP contribution in [0.2, 0.25) is 0 Å². The van der Waals surface area contributed by atoms with Crippen LogP contribution in [0.1, 0.15) is 44.1 Å². The third-order valence-corrected chi connectivity index (χ3v) is 7.71. The van der Waals surface area contributed by atoms with E-state index < -0.39 is 10.0 Å². The number of nitrogens with one attached hydrogen (secondary N) is 2. The molecule has 0 aromatic heterocycles. The summed E-state index contributed by atoms with van der Waals surface area (Å²) < 4.78 is 25.5. The molecule has 1 saturated carbocycles. The van der Waals surface area contributed by atoms with Gasteiger partial charge in [-0.05, 0) is 67.3 Å². The van der Waals surface area contributed by atoms with Gasteiger partial charge in [0.25, 0.3) is 0 Å². The summed E-state index contributed by atoms with van der Waals surface area (Å²) in [5, 5.41) is 6.44. The summed E-state index contributed by atoms with van der Waals surface area (Å²) in [6.07, 6.45) is 10.2. The Morgan fingerprint density at radius 2 is 1.58 bits per heavy atom. The molecule has 7 heteroatoms. The molecule has 2 aliphatic rings. The summed E-state index contributed by atoms with van der Waals surface area (Å²) in [4.78, 5) is 12.2. The number of rotatable bonds is 6. The highest BCUT2D eigenvalue weighted by atomic mass is 32.2. The Bertz CT molecular complexity index is 1020. The maximum absolute atomic E-state index is 12.2. The van der Waals surface area contributed by atoms with Gasteiger partial charge in [0.15, 0.2) is 0 Å². The van der Waals surface area contributed by atoms with Crippen molar-refractivity contribution in [3.63, 3.8) is 0 Å². The van der Waals surface area contributed by atoms with Gasteiger partial charge in [0.1, 0.15) is 0 Å². The zero-order chi connectivity index (χ0) is 21.7. The number of benzene rings is 2. The molecule has 4 rings (SSSR count). The lowest BCUT2D eigenvalue weighted by Gasteiger charge is -2.23. The smallest absolute Gasteiger partial charge is 0.248 e. The summed E-state index contributed by atoms with van der Waals surface area (Å²) in [6, 6.07) is 15.5. The van der Waals surface area contributed by atoms with Crippen LogP contribution in [0.25, 0.3) is 6.08 Å². The molecule has 2 aromatic rings. The van der Waals surface area contributed by atoms with Crippen LogP contribution in [0.3, 0.4) is 0 Å². The molecular formula is C24H29N3O3S. The fourth-order valence-electron chi connectivity index (χ4n) is 4.17. The van der Waals surface area contributed by atoms with Crippen LogP contribution in [-0.2, 0) is 14.8 Å². The Labute approximate surface area is 184 Å². The monoisotopic (exact) mass is 439 g/mol. The average Bonchev–Trinajstić information content (AvgIpc) is 3.14. The second-order valence-corrected chi connectivity index (χ2v) is 10.2. The molecule has 0 radical (unpaired) electrons. The van der Waals surface area contributed by atoms with Crippen molar-refractivity contribution in [3.05, 3.63) is 60.2 Å². The SMILES string of the molecule is O=C(/C=C/c1ccc(N2CCCS2(=O)=O)cc1)Nc1ccc(NC2CCCCC2)cc1. The molecule has 1 aliphatic heterocycles. The Morgan fingerprint density at radius 3 is 2.23 bits per heavy atom. The van der Waals surface area contributed by atoms with Gasteiger partial charge in [-0.2, -0.15) is 0 Å². The average molecular weight is 440 g/mol. The number of sulfonamides is 1. The first-order chi connectivity index (χ1) is 15.0. The minimum absolute atomic E-state index is 0.201. The second kappa shape index (κ2) is 9.56. The third kappa shape index (κ3) is 5.67. The first-order valence-corrected chi connectivity index (χ1v) is 12.6. The van der Waals surface area contributed by atoms with Gasteiger partial charge < -0.3 is 10.6 Å². The van der Waals surface area contributed by atoms with Gasteiger partial charge in [0.05, 0.1) is 11.4 Å². The predicted octanol–water partition coefficient (Wildman–Crippen LogP) is 4.62. The number of nitrogens with zero attached hydrogens (tertiary/aromatic N) is 1. The highest BCUT2D eigenvalue weighted by Crippen LogP contribution is 2.25. The summed E-state index contributed by atoms with van der Waals surface area (Å²) in [5.74, 6) is -0.00824. The predicted molar refractivity (Wildman–Crippen MR) is 127 cm³/mol. The summed E-state index contributed by atoms with van der Waals surface area (Å²) >= 11 is 0. The van der Waals surface area contributed by atoms with Gasteiger partial charge in [0.2, 0.25) is 15.9 Å². The molecule has 0 unspecified atom stereocenters. The van der Waals surface area contributed by atoms with E-state index in [-0.39, 0.29) is 11.7 Å². The molecule has 1 amide bonds. The number of anilines is 3. The van der Waals surface area contributed by atoms with E-state index in [1.807, 2.05) is 36.4 Å². The van der Waals surface area contributed by atoms with Crippen molar-refractivity contribution < 1.29 is 13.2 Å². The van der Waals surface area contributed by atoms with E-state index in [0.717, 1.165) is 16.9 Å². The molecule has 0 bridgehead atoms. The Kier molecular flexibility index (Phi) is 6.61. The molecule has 31 heavy (non-hydrogen) atoms. The van der Waals surface area contributed by atoms with E-state index in [4.69, 9.17) is 0 Å². The molecule has 2 aromatic carbocycles. The van der Waals surface area contributed by atoms with E-state index in [2.05, 4.69) is 10.6 Å². The molecule has 1 saturated heterocycles. The van der Waals surface area contributed by atoms with Gasteiger partial charge in [-0.3, -0.25) is 9.10 Å². The summed E-state index contributed by atoms with van der Waals surface area (Å²) in [6.45, 7) is 0.523. The van der Waals surface area contributed by atoms with E-state index >= 15 is 0 Å². The van der Waals surface area contributed by atoms with E-state index in [1.54, 1.807) is 18.2 Å². The van der Waals surface area contributed by atoms with Crippen molar-refractivity contribution in [1.29, 1.82) is 0 Å². The lowest BCUT2D eigenvalue weighted by Crippen LogP contribution is -2.24. The topological polar surface area (TPSA) is 78.5 Å². The second-order valence-electron chi connectivity index (χ2n) is 8.21. The lowest BCUT2D eigenvalue weighted by atomic mass is 9.95. The molecule has 2 N–H and O–H groups in total. The van der Waals surface area contributed by atoms with Crippen LogP contribution in [0.15, 0.2) is 54.6 Å². The lowest BCUT2D eigenvalue weighted by molar-refractivity contribution is -0.111. The van der Waals surface area contributed by atoms with Crippen LogP contribution >= 0.6 is 0 Å². The zero-order valence-electron chi connectivity index (χ0n) is 17.6. The van der Waals surface area contributed by atoms with Crippen molar-refractivity contribution in [2.24, 2.45) is 0 Å². The molecule has 0 atom stereocenters. The van der Waals surface area contributed by atoms with Gasteiger partial charge in [-0.1, -0.05) is 31.4 Å². The van der Waals surface area contributed by atoms with E-state index in [9.17, 15) is 13.2 Å². The number of amides is 1. The van der Waals surface area contributed by atoms with Crippen LogP contribution < -0.4 is 14.9 Å². The molecule has 1 heterocycles. The van der Waals surface area contributed by atoms with Gasteiger partial charge in [-0.15, -0.1) is 0 Å². The fourth-order valence-corrected chi connectivity index (χ4v) is 5.73. The number of carbonyl (C=O) groups is 1. The number of carbonyl (C=O) groups excluding carboxylic acids is 1. The van der Waals surface area contributed by atoms with Crippen molar-refractivity contribution in [2.45, 2.75) is 44.6 Å². The fraction of sp³-hybridized carbons (Fsp3) is 0.375. The number of hydrogen-bond acceptors (Lipinski definition) is 4. The molecule has 164 valence electrons. The van der Waals surface area contributed by atoms with Crippen LogP contribution in [0, 0.1) is 0 Å². The standard InChI is InChI=1S/C24H29N3O3S/c28-24(26-22-12-10-21(11-13-22)25-20-5-2-1-3-6-20)16-9-19-7-14-23(15-8-19)27-17-4-18-31(27,29)30/h7-16,20,25H,1-6,17-18H2,(H,26,28)/b16-9+. The quantitative estimate of drug-likeness (QED) is 0.644. The van der Waals surface area contributed by atoms with Gasteiger partial charge in [-0.25, -0.2) is 8.42 Å². The maximum atomic E-state index is 12.2. The summed E-state index contributed by atoms with van der Waals surface area (Å²) in [5.41, 5.74) is 3.34. The third-order valence-electron chi connectivity index (χ3n) is 5.84. The maximum Gasteiger partial charge on any atom is 0.248 e. The van der Waals surface area contributed by atoms with Crippen LogP contribution in [0.4, 0.5) is 17.1 Å². The first-order valence-electron chi connectivity index (χ1n) is 11.0. The first kappa shape index (κ1) is 21.4. The highest BCUT2D eigenvalue weighted by molar-refractivity contribution is 7.93. The largest absolute Gasteiger partial charge is 0.382 e. The normalized spacial score (nSPS) is 18.9. The van der Waals surface area contributed by atoms with Crippen molar-refractivity contribution in [2.75, 3.05) is 27.2 Å². The molecule has 0 spiro atoms. The Morgan fingerprint density at radius 1 is 0.903 bits per heavy atom. The van der Waals surface area contributed by atoms with Crippen molar-refractivity contribution >= 4 is 39.1 Å². The van der Waals surface area contributed by atoms with Gasteiger partial charge >= 0.3 is 0 Å². The van der Waals surface area contributed by atoms with Crippen LogP contribution in [-0.4, -0.2) is 32.7 Å². The Hall–Kier alpha value is -2.80. The highest BCUT2D eigenvalue weighted by Gasteiger charge is 2.28. The summed E-state index contributed by atoms with van der Waals surface area (Å²) in [7, 11) is -3.18. The Balaban J connectivity index is 1.30.